The van der Waals surface area contributed by atoms with Crippen molar-refractivity contribution in [3.8, 4) is 0 Å². The van der Waals surface area contributed by atoms with E-state index in [0.29, 0.717) is 5.82 Å². The first-order valence-electron chi connectivity index (χ1n) is 6.07. The highest BCUT2D eigenvalue weighted by Crippen LogP contribution is 2.20. The van der Waals surface area contributed by atoms with E-state index < -0.39 is 0 Å². The lowest BCUT2D eigenvalue weighted by molar-refractivity contribution is 0.625. The molecule has 4 nitrogen and oxygen atoms in total. The van der Waals surface area contributed by atoms with Crippen LogP contribution in [0.3, 0.4) is 0 Å². The maximum Gasteiger partial charge on any atom is 0.123 e. The zero-order valence-electron chi connectivity index (χ0n) is 9.76. The van der Waals surface area contributed by atoms with Gasteiger partial charge in [-0.3, -0.25) is 0 Å². The fourth-order valence-electron chi connectivity index (χ4n) is 2.43. The first kappa shape index (κ1) is 10.3. The molecule has 0 saturated carbocycles. The molecule has 0 atom stereocenters. The van der Waals surface area contributed by atoms with Crippen molar-refractivity contribution in [2.24, 2.45) is 0 Å². The van der Waals surface area contributed by atoms with E-state index >= 15 is 0 Å². The molecule has 2 aromatic rings. The number of fused-ring (bicyclic) bond motifs is 1. The number of rotatable bonds is 2. The Morgan fingerprint density at radius 1 is 1.24 bits per heavy atom. The van der Waals surface area contributed by atoms with Crippen molar-refractivity contribution < 1.29 is 0 Å². The van der Waals surface area contributed by atoms with Gasteiger partial charge in [0, 0.05) is 5.69 Å². The molecule has 0 spiro atoms. The van der Waals surface area contributed by atoms with Crippen LogP contribution in [0.4, 0.5) is 5.82 Å². The number of anilines is 1. The number of hydrogen-bond acceptors (Lipinski definition) is 3. The Labute approximate surface area is 101 Å². The van der Waals surface area contributed by atoms with Gasteiger partial charge in [-0.2, -0.15) is 0 Å². The molecular weight excluding hydrogens is 212 g/mol. The second-order valence-corrected chi connectivity index (χ2v) is 4.53. The zero-order chi connectivity index (χ0) is 11.7. The number of nitrogens with zero attached hydrogens (tertiary/aromatic N) is 3. The Hall–Kier alpha value is -1.84. The summed E-state index contributed by atoms with van der Waals surface area (Å²) in [5, 5.41) is 0. The van der Waals surface area contributed by atoms with Gasteiger partial charge in [0.1, 0.15) is 5.82 Å². The van der Waals surface area contributed by atoms with Crippen molar-refractivity contribution in [3.63, 3.8) is 0 Å². The average Bonchev–Trinajstić information content (AvgIpc) is 2.73. The minimum atomic E-state index is 0.580. The van der Waals surface area contributed by atoms with Gasteiger partial charge in [0.2, 0.25) is 0 Å². The molecule has 2 heterocycles. The minimum Gasteiger partial charge on any atom is -0.384 e. The second-order valence-electron chi connectivity index (χ2n) is 4.53. The predicted octanol–water partition coefficient (Wildman–Crippen LogP) is 1.79. The van der Waals surface area contributed by atoms with E-state index in [4.69, 9.17) is 5.73 Å². The van der Waals surface area contributed by atoms with Crippen molar-refractivity contribution in [1.82, 2.24) is 14.5 Å². The number of aromatic nitrogens is 3. The Morgan fingerprint density at radius 3 is 3.00 bits per heavy atom. The predicted molar refractivity (Wildman–Crippen MR) is 66.6 cm³/mol. The molecule has 0 fully saturated rings. The van der Waals surface area contributed by atoms with Gasteiger partial charge in [-0.25, -0.2) is 9.97 Å². The van der Waals surface area contributed by atoms with Gasteiger partial charge in [-0.15, -0.1) is 0 Å². The quantitative estimate of drug-likeness (QED) is 0.852. The molecule has 4 heteroatoms. The summed E-state index contributed by atoms with van der Waals surface area (Å²) in [5.74, 6) is 0.580. The average molecular weight is 228 g/mol. The van der Waals surface area contributed by atoms with Crippen molar-refractivity contribution in [2.45, 2.75) is 32.2 Å². The summed E-state index contributed by atoms with van der Waals surface area (Å²) < 4.78 is 2.20. The lowest BCUT2D eigenvalue weighted by Crippen LogP contribution is -2.10. The van der Waals surface area contributed by atoms with E-state index in [1.807, 2.05) is 24.5 Å². The van der Waals surface area contributed by atoms with E-state index in [9.17, 15) is 0 Å². The topological polar surface area (TPSA) is 56.7 Å². The monoisotopic (exact) mass is 228 g/mol. The summed E-state index contributed by atoms with van der Waals surface area (Å²) in [5.41, 5.74) is 9.32. The third-order valence-corrected chi connectivity index (χ3v) is 3.27. The van der Waals surface area contributed by atoms with Crippen LogP contribution in [-0.2, 0) is 19.4 Å². The number of hydrogen-bond donors (Lipinski definition) is 1. The Kier molecular flexibility index (Phi) is 2.55. The van der Waals surface area contributed by atoms with Gasteiger partial charge >= 0.3 is 0 Å². The van der Waals surface area contributed by atoms with Gasteiger partial charge in [0.05, 0.1) is 24.3 Å². The molecule has 1 aliphatic carbocycles. The van der Waals surface area contributed by atoms with Crippen molar-refractivity contribution in [2.75, 3.05) is 5.73 Å². The molecule has 1 aliphatic rings. The van der Waals surface area contributed by atoms with Gasteiger partial charge in [-0.05, 0) is 37.8 Å². The molecule has 0 amide bonds. The molecule has 0 unspecified atom stereocenters. The van der Waals surface area contributed by atoms with E-state index in [1.54, 1.807) is 0 Å². The van der Waals surface area contributed by atoms with Crippen LogP contribution >= 0.6 is 0 Å². The van der Waals surface area contributed by atoms with Crippen LogP contribution in [0.15, 0.2) is 24.5 Å². The molecule has 2 N–H and O–H groups in total. The molecule has 0 radical (unpaired) electrons. The molecule has 2 aromatic heterocycles. The largest absolute Gasteiger partial charge is 0.384 e. The van der Waals surface area contributed by atoms with Crippen LogP contribution in [0.5, 0.6) is 0 Å². The highest BCUT2D eigenvalue weighted by molar-refractivity contribution is 5.29. The Balaban J connectivity index is 1.88. The third kappa shape index (κ3) is 2.02. The summed E-state index contributed by atoms with van der Waals surface area (Å²) in [4.78, 5) is 8.81. The number of aryl methyl sites for hydroxylation is 1. The standard InChI is InChI=1S/C13H16N4/c14-13-7-3-4-10(16-13)8-17-9-15-11-5-1-2-6-12(11)17/h3-4,7,9H,1-2,5-6,8H2,(H2,14,16). The number of imidazole rings is 1. The van der Waals surface area contributed by atoms with Gasteiger partial charge < -0.3 is 10.3 Å². The van der Waals surface area contributed by atoms with Crippen LogP contribution < -0.4 is 5.73 Å². The maximum absolute atomic E-state index is 5.69. The van der Waals surface area contributed by atoms with Crippen LogP contribution in [0.25, 0.3) is 0 Å². The summed E-state index contributed by atoms with van der Waals surface area (Å²) in [6, 6.07) is 5.76. The number of nitrogen functional groups attached to an aromatic ring is 1. The van der Waals surface area contributed by atoms with Gasteiger partial charge in [0.25, 0.3) is 0 Å². The molecule has 0 saturated heterocycles. The molecule has 0 bridgehead atoms. The third-order valence-electron chi connectivity index (χ3n) is 3.27. The lowest BCUT2D eigenvalue weighted by atomic mass is 10.0. The van der Waals surface area contributed by atoms with Gasteiger partial charge in [-0.1, -0.05) is 6.07 Å². The maximum atomic E-state index is 5.69. The first-order valence-corrected chi connectivity index (χ1v) is 6.07. The van der Waals surface area contributed by atoms with E-state index in [-0.39, 0.29) is 0 Å². The molecule has 0 aliphatic heterocycles. The van der Waals surface area contributed by atoms with E-state index in [0.717, 1.165) is 25.1 Å². The lowest BCUT2D eigenvalue weighted by Gasteiger charge is -2.13. The molecule has 0 aromatic carbocycles. The van der Waals surface area contributed by atoms with Crippen molar-refractivity contribution in [3.05, 3.63) is 41.6 Å². The zero-order valence-corrected chi connectivity index (χ0v) is 9.76. The Bertz CT molecular complexity index is 530. The van der Waals surface area contributed by atoms with E-state index in [1.165, 1.54) is 24.2 Å². The number of nitrogens with two attached hydrogens (primary N) is 1. The van der Waals surface area contributed by atoms with E-state index in [2.05, 4.69) is 14.5 Å². The normalized spacial score (nSPS) is 14.6. The summed E-state index contributed by atoms with van der Waals surface area (Å²) in [6.07, 6.45) is 6.72. The van der Waals surface area contributed by atoms with Crippen LogP contribution in [0.1, 0.15) is 29.9 Å². The Morgan fingerprint density at radius 2 is 2.12 bits per heavy atom. The van der Waals surface area contributed by atoms with Crippen LogP contribution in [0.2, 0.25) is 0 Å². The van der Waals surface area contributed by atoms with Crippen molar-refractivity contribution >= 4 is 5.82 Å². The SMILES string of the molecule is Nc1cccc(Cn2cnc3c2CCCC3)n1. The van der Waals surface area contributed by atoms with Crippen LogP contribution in [0, 0.1) is 0 Å². The molecule has 3 rings (SSSR count). The second kappa shape index (κ2) is 4.20. The fraction of sp³-hybridized carbons (Fsp3) is 0.385. The number of pyridine rings is 1. The summed E-state index contributed by atoms with van der Waals surface area (Å²) in [7, 11) is 0. The first-order chi connectivity index (χ1) is 8.33. The van der Waals surface area contributed by atoms with Crippen molar-refractivity contribution in [1.29, 1.82) is 0 Å². The summed E-state index contributed by atoms with van der Waals surface area (Å²) >= 11 is 0. The molecular formula is C13H16N4. The minimum absolute atomic E-state index is 0.580. The highest BCUT2D eigenvalue weighted by Gasteiger charge is 2.15. The van der Waals surface area contributed by atoms with Gasteiger partial charge in [0.15, 0.2) is 0 Å². The fourth-order valence-corrected chi connectivity index (χ4v) is 2.43. The highest BCUT2D eigenvalue weighted by atomic mass is 15.1. The van der Waals surface area contributed by atoms with Crippen LogP contribution in [-0.4, -0.2) is 14.5 Å². The smallest absolute Gasteiger partial charge is 0.123 e. The summed E-state index contributed by atoms with van der Waals surface area (Å²) in [6.45, 7) is 0.771. The molecule has 88 valence electrons. The molecule has 17 heavy (non-hydrogen) atoms.